The van der Waals surface area contributed by atoms with Gasteiger partial charge in [-0.3, -0.25) is 14.3 Å². The number of methoxy groups -OCH3 is 1. The molecule has 2 heterocycles. The number of carbonyl (C=O) groups excluding carboxylic acids is 2. The minimum absolute atomic E-state index is 0.213. The molecule has 0 radical (unpaired) electrons. The van der Waals surface area contributed by atoms with E-state index in [2.05, 4.69) is 10.3 Å². The maximum Gasteiger partial charge on any atom is 0.324 e. The normalized spacial score (nSPS) is 15.2. The van der Waals surface area contributed by atoms with Crippen LogP contribution in [-0.2, 0) is 4.79 Å². The molecule has 1 aromatic carbocycles. The zero-order valence-corrected chi connectivity index (χ0v) is 14.2. The van der Waals surface area contributed by atoms with E-state index in [0.717, 1.165) is 11.4 Å². The summed E-state index contributed by atoms with van der Waals surface area (Å²) in [5.74, 6) is 0.533. The second-order valence-electron chi connectivity index (χ2n) is 5.26. The summed E-state index contributed by atoms with van der Waals surface area (Å²) in [6.45, 7) is 2.69. The van der Waals surface area contributed by atoms with Crippen molar-refractivity contribution in [1.29, 1.82) is 0 Å². The van der Waals surface area contributed by atoms with Crippen molar-refractivity contribution in [2.45, 2.75) is 17.3 Å². The van der Waals surface area contributed by atoms with Crippen LogP contribution in [0.25, 0.3) is 5.69 Å². The fourth-order valence-electron chi connectivity index (χ4n) is 2.44. The predicted octanol–water partition coefficient (Wildman–Crippen LogP) is 1.91. The molecule has 1 aliphatic heterocycles. The van der Waals surface area contributed by atoms with Gasteiger partial charge >= 0.3 is 6.03 Å². The first-order valence-electron chi connectivity index (χ1n) is 7.54. The first-order valence-corrected chi connectivity index (χ1v) is 8.42. The molecule has 1 aliphatic rings. The first-order chi connectivity index (χ1) is 11.6. The highest BCUT2D eigenvalue weighted by molar-refractivity contribution is 8.00. The first kappa shape index (κ1) is 16.4. The molecule has 1 N–H and O–H groups in total. The van der Waals surface area contributed by atoms with Gasteiger partial charge in [-0.15, -0.1) is 0 Å². The number of aromatic nitrogens is 2. The summed E-state index contributed by atoms with van der Waals surface area (Å²) in [7, 11) is 1.62. The molecular weight excluding hydrogens is 328 g/mol. The van der Waals surface area contributed by atoms with E-state index in [1.807, 2.05) is 35.0 Å². The Morgan fingerprint density at radius 3 is 3.00 bits per heavy atom. The molecule has 0 bridgehead atoms. The summed E-state index contributed by atoms with van der Waals surface area (Å²) in [4.78, 5) is 29.6. The maximum atomic E-state index is 12.4. The summed E-state index contributed by atoms with van der Waals surface area (Å²) in [6.07, 6.45) is 3.51. The van der Waals surface area contributed by atoms with Gasteiger partial charge in [0.15, 0.2) is 5.16 Å². The number of amides is 3. The van der Waals surface area contributed by atoms with Gasteiger partial charge in [0.2, 0.25) is 5.91 Å². The van der Waals surface area contributed by atoms with Crippen LogP contribution < -0.4 is 10.1 Å². The third kappa shape index (κ3) is 3.23. The van der Waals surface area contributed by atoms with E-state index in [0.29, 0.717) is 18.2 Å². The van der Waals surface area contributed by atoms with Crippen LogP contribution in [0, 0.1) is 0 Å². The van der Waals surface area contributed by atoms with Gasteiger partial charge in [0.25, 0.3) is 0 Å². The molecule has 3 amide bonds. The van der Waals surface area contributed by atoms with Crippen molar-refractivity contribution in [2.24, 2.45) is 0 Å². The number of ether oxygens (including phenoxy) is 1. The van der Waals surface area contributed by atoms with Gasteiger partial charge in [-0.25, -0.2) is 9.78 Å². The minimum Gasteiger partial charge on any atom is -0.497 e. The molecule has 0 unspecified atom stereocenters. The van der Waals surface area contributed by atoms with E-state index >= 15 is 0 Å². The zero-order chi connectivity index (χ0) is 17.1. The monoisotopic (exact) mass is 346 g/mol. The summed E-state index contributed by atoms with van der Waals surface area (Å²) in [6, 6.07) is 7.27. The number of nitrogens with zero attached hydrogens (tertiary/aromatic N) is 3. The predicted molar refractivity (Wildman–Crippen MR) is 90.5 cm³/mol. The Bertz CT molecular complexity index is 761. The molecule has 24 heavy (non-hydrogen) atoms. The molecule has 2 aromatic rings. The highest BCUT2D eigenvalue weighted by atomic mass is 32.2. The second-order valence-corrected chi connectivity index (χ2v) is 6.57. The Balaban J connectivity index is 1.77. The summed E-state index contributed by atoms with van der Waals surface area (Å²) >= 11 is 1.32. The lowest BCUT2D eigenvalue weighted by atomic mass is 10.3. The highest BCUT2D eigenvalue weighted by Crippen LogP contribution is 2.27. The van der Waals surface area contributed by atoms with Crippen LogP contribution in [0.15, 0.2) is 41.8 Å². The van der Waals surface area contributed by atoms with Gasteiger partial charge in [-0.05, 0) is 19.1 Å². The van der Waals surface area contributed by atoms with Crippen molar-refractivity contribution in [3.8, 4) is 11.4 Å². The van der Waals surface area contributed by atoms with Crippen molar-refractivity contribution in [2.75, 3.05) is 20.2 Å². The van der Waals surface area contributed by atoms with Gasteiger partial charge in [0, 0.05) is 31.5 Å². The number of imide groups is 1. The van der Waals surface area contributed by atoms with Gasteiger partial charge in [-0.1, -0.05) is 17.8 Å². The van der Waals surface area contributed by atoms with Gasteiger partial charge < -0.3 is 10.1 Å². The van der Waals surface area contributed by atoms with Crippen molar-refractivity contribution in [3.05, 3.63) is 36.7 Å². The molecule has 7 nitrogen and oxygen atoms in total. The number of rotatable bonds is 5. The molecule has 3 rings (SSSR count). The Labute approximate surface area is 144 Å². The summed E-state index contributed by atoms with van der Waals surface area (Å²) in [5, 5.41) is 2.90. The number of benzene rings is 1. The summed E-state index contributed by atoms with van der Waals surface area (Å²) < 4.78 is 7.14. The molecule has 1 aromatic heterocycles. The largest absolute Gasteiger partial charge is 0.497 e. The molecule has 0 aliphatic carbocycles. The molecule has 1 fully saturated rings. The Hall–Kier alpha value is -2.48. The van der Waals surface area contributed by atoms with Crippen LogP contribution in [-0.4, -0.2) is 51.8 Å². The molecule has 0 spiro atoms. The SMILES string of the molecule is COc1cccc(-n2ccnc2S[C@@H](C)C(=O)N2CCNC2=O)c1. The van der Waals surface area contributed by atoms with Crippen LogP contribution in [0.3, 0.4) is 0 Å². The zero-order valence-electron chi connectivity index (χ0n) is 13.4. The fourth-order valence-corrected chi connectivity index (χ4v) is 3.39. The minimum atomic E-state index is -0.416. The van der Waals surface area contributed by atoms with E-state index in [1.165, 1.54) is 16.7 Å². The number of hydrogen-bond acceptors (Lipinski definition) is 5. The smallest absolute Gasteiger partial charge is 0.324 e. The third-order valence-corrected chi connectivity index (χ3v) is 4.76. The fraction of sp³-hybridized carbons (Fsp3) is 0.312. The Morgan fingerprint density at radius 2 is 2.29 bits per heavy atom. The Kier molecular flexibility index (Phi) is 4.75. The van der Waals surface area contributed by atoms with Crippen molar-refractivity contribution < 1.29 is 14.3 Å². The number of imidazole rings is 1. The van der Waals surface area contributed by atoms with Gasteiger partial charge in [0.1, 0.15) is 5.75 Å². The van der Waals surface area contributed by atoms with Crippen LogP contribution in [0.5, 0.6) is 5.75 Å². The van der Waals surface area contributed by atoms with Crippen molar-refractivity contribution in [1.82, 2.24) is 19.8 Å². The van der Waals surface area contributed by atoms with Crippen LogP contribution >= 0.6 is 11.8 Å². The van der Waals surface area contributed by atoms with Crippen LogP contribution in [0.2, 0.25) is 0 Å². The molecule has 126 valence electrons. The average Bonchev–Trinajstić information content (AvgIpc) is 3.23. The number of thioether (sulfide) groups is 1. The van der Waals surface area contributed by atoms with Gasteiger partial charge in [0.05, 0.1) is 18.0 Å². The third-order valence-electron chi connectivity index (χ3n) is 3.69. The number of carbonyl (C=O) groups is 2. The number of hydrogen-bond donors (Lipinski definition) is 1. The molecule has 0 saturated carbocycles. The van der Waals surface area contributed by atoms with E-state index in [-0.39, 0.29) is 11.9 Å². The van der Waals surface area contributed by atoms with E-state index in [9.17, 15) is 9.59 Å². The number of urea groups is 1. The van der Waals surface area contributed by atoms with E-state index in [1.54, 1.807) is 20.2 Å². The van der Waals surface area contributed by atoms with Gasteiger partial charge in [-0.2, -0.15) is 0 Å². The van der Waals surface area contributed by atoms with Crippen molar-refractivity contribution in [3.63, 3.8) is 0 Å². The average molecular weight is 346 g/mol. The standard InChI is InChI=1S/C16H18N4O3S/c1-11(14(21)20-9-6-17-15(20)22)24-16-18-7-8-19(16)12-4-3-5-13(10-12)23-2/h3-5,7-8,10-11H,6,9H2,1-2H3,(H,17,22)/t11-/m0/s1. The lowest BCUT2D eigenvalue weighted by Crippen LogP contribution is -2.39. The number of nitrogens with one attached hydrogen (secondary N) is 1. The van der Waals surface area contributed by atoms with E-state index < -0.39 is 5.25 Å². The van der Waals surface area contributed by atoms with E-state index in [4.69, 9.17) is 4.74 Å². The maximum absolute atomic E-state index is 12.4. The van der Waals surface area contributed by atoms with Crippen molar-refractivity contribution >= 4 is 23.7 Å². The molecule has 1 atom stereocenters. The lowest BCUT2D eigenvalue weighted by molar-refractivity contribution is -0.126. The highest BCUT2D eigenvalue weighted by Gasteiger charge is 2.30. The molecule has 1 saturated heterocycles. The summed E-state index contributed by atoms with van der Waals surface area (Å²) in [5.41, 5.74) is 0.896. The second kappa shape index (κ2) is 6.96. The van der Waals surface area contributed by atoms with Crippen LogP contribution in [0.4, 0.5) is 4.79 Å². The molecular formula is C16H18N4O3S. The Morgan fingerprint density at radius 1 is 1.46 bits per heavy atom. The molecule has 8 heteroatoms. The lowest BCUT2D eigenvalue weighted by Gasteiger charge is -2.17. The topological polar surface area (TPSA) is 76.5 Å². The quantitative estimate of drug-likeness (QED) is 0.837. The van der Waals surface area contributed by atoms with Crippen LogP contribution in [0.1, 0.15) is 6.92 Å².